The number of hydrogen-bond acceptors (Lipinski definition) is 2. The monoisotopic (exact) mass is 147 g/mol. The van der Waals surface area contributed by atoms with Crippen molar-refractivity contribution in [3.05, 3.63) is 30.3 Å². The molecule has 0 aliphatic carbocycles. The maximum atomic E-state index is 10.7. The van der Waals surface area contributed by atoms with Gasteiger partial charge in [0.2, 0.25) is 0 Å². The fraction of sp³-hybridized carbons (Fsp3) is 0. The van der Waals surface area contributed by atoms with Crippen LogP contribution in [0.5, 0.6) is 0 Å². The molecular weight excluding hydrogens is 139 g/mol. The molecule has 4 heteroatoms. The molecule has 0 saturated carbocycles. The van der Waals surface area contributed by atoms with E-state index in [4.69, 9.17) is 5.84 Å². The van der Waals surface area contributed by atoms with E-state index in [2.05, 4.69) is 0 Å². The van der Waals surface area contributed by atoms with Crippen LogP contribution in [-0.2, 0) is 0 Å². The van der Waals surface area contributed by atoms with Gasteiger partial charge in [0.25, 0.3) is 7.28 Å². The van der Waals surface area contributed by atoms with Gasteiger partial charge in [0.05, 0.1) is 0 Å². The lowest BCUT2D eigenvalue weighted by molar-refractivity contribution is 0.259. The zero-order valence-corrected chi connectivity index (χ0v) is 5.95. The minimum absolute atomic E-state index is 0.295. The Bertz CT molecular complexity index is 237. The fourth-order valence-corrected chi connectivity index (χ4v) is 0.742. The van der Waals surface area contributed by atoms with Crippen molar-refractivity contribution in [2.75, 3.05) is 0 Å². The quantitative estimate of drug-likeness (QED) is 0.259. The third-order valence-corrected chi connectivity index (χ3v) is 1.24. The number of hydrogen-bond donors (Lipinski definition) is 2. The van der Waals surface area contributed by atoms with Crippen LogP contribution in [0.3, 0.4) is 0 Å². The first kappa shape index (κ1) is 7.82. The molecule has 0 saturated heterocycles. The molecular formula is C7H8BN2O. The van der Waals surface area contributed by atoms with E-state index in [1.165, 1.54) is 7.28 Å². The second kappa shape index (κ2) is 3.78. The topological polar surface area (TPSA) is 55.1 Å². The van der Waals surface area contributed by atoms with Gasteiger partial charge in [-0.15, -0.1) is 0 Å². The summed E-state index contributed by atoms with van der Waals surface area (Å²) in [6.07, 6.45) is 0. The SMILES string of the molecule is NNC(=O)[B]c1ccccc1. The van der Waals surface area contributed by atoms with Crippen molar-refractivity contribution >= 4 is 18.5 Å². The average Bonchev–Trinajstić information content (AvgIpc) is 2.06. The highest BCUT2D eigenvalue weighted by atomic mass is 16.1. The summed E-state index contributed by atoms with van der Waals surface area (Å²) in [7, 11) is 1.43. The first-order valence-electron chi connectivity index (χ1n) is 3.23. The Labute approximate surface area is 65.8 Å². The standard InChI is InChI=1S/C7H8BN2O/c9-10-7(11)8-6-4-2-1-3-5-6/h1-5H,9H2,(H,10,11). The zero-order valence-electron chi connectivity index (χ0n) is 5.95. The molecule has 3 nitrogen and oxygen atoms in total. The lowest BCUT2D eigenvalue weighted by Gasteiger charge is -1.96. The zero-order chi connectivity index (χ0) is 8.10. The third-order valence-electron chi connectivity index (χ3n) is 1.24. The Kier molecular flexibility index (Phi) is 2.69. The molecule has 0 fully saturated rings. The van der Waals surface area contributed by atoms with Crippen molar-refractivity contribution in [1.29, 1.82) is 0 Å². The summed E-state index contributed by atoms with van der Waals surface area (Å²) in [6.45, 7) is 0. The Balaban J connectivity index is 2.58. The van der Waals surface area contributed by atoms with Crippen molar-refractivity contribution in [2.24, 2.45) is 5.84 Å². The Morgan fingerprint density at radius 2 is 2.00 bits per heavy atom. The average molecular weight is 147 g/mol. The third kappa shape index (κ3) is 2.43. The van der Waals surface area contributed by atoms with Crippen molar-refractivity contribution in [3.63, 3.8) is 0 Å². The first-order chi connectivity index (χ1) is 5.33. The number of nitrogens with one attached hydrogen (secondary N) is 1. The van der Waals surface area contributed by atoms with E-state index < -0.39 is 0 Å². The minimum atomic E-state index is -0.295. The fourth-order valence-electron chi connectivity index (χ4n) is 0.742. The van der Waals surface area contributed by atoms with Crippen LogP contribution in [0, 0.1) is 0 Å². The molecule has 3 N–H and O–H groups in total. The number of carbonyl (C=O) groups excluding carboxylic acids is 1. The van der Waals surface area contributed by atoms with Crippen LogP contribution in [0.2, 0.25) is 0 Å². The summed E-state index contributed by atoms with van der Waals surface area (Å²) in [5.41, 5.74) is 2.86. The van der Waals surface area contributed by atoms with Gasteiger partial charge < -0.3 is 5.43 Å². The highest BCUT2D eigenvalue weighted by molar-refractivity contribution is 6.83. The molecule has 0 spiro atoms. The predicted molar refractivity (Wildman–Crippen MR) is 44.5 cm³/mol. The van der Waals surface area contributed by atoms with E-state index in [-0.39, 0.29) is 5.81 Å². The molecule has 0 aliphatic rings. The van der Waals surface area contributed by atoms with Gasteiger partial charge in [0.15, 0.2) is 5.81 Å². The van der Waals surface area contributed by atoms with Crippen molar-refractivity contribution in [2.45, 2.75) is 0 Å². The van der Waals surface area contributed by atoms with Gasteiger partial charge in [0.1, 0.15) is 0 Å². The van der Waals surface area contributed by atoms with Crippen molar-refractivity contribution in [3.8, 4) is 0 Å². The van der Waals surface area contributed by atoms with Crippen LogP contribution in [0.15, 0.2) is 30.3 Å². The summed E-state index contributed by atoms with van der Waals surface area (Å²) in [5.74, 6) is 4.59. The first-order valence-corrected chi connectivity index (χ1v) is 3.23. The van der Waals surface area contributed by atoms with Crippen molar-refractivity contribution in [1.82, 2.24) is 5.43 Å². The van der Waals surface area contributed by atoms with E-state index in [0.717, 1.165) is 5.46 Å². The number of benzene rings is 1. The molecule has 1 aromatic carbocycles. The van der Waals surface area contributed by atoms with Crippen LogP contribution < -0.4 is 16.7 Å². The highest BCUT2D eigenvalue weighted by Gasteiger charge is 2.01. The summed E-state index contributed by atoms with van der Waals surface area (Å²) < 4.78 is 0. The number of hydrazine groups is 1. The highest BCUT2D eigenvalue weighted by Crippen LogP contribution is 1.80. The van der Waals surface area contributed by atoms with Gasteiger partial charge in [-0.3, -0.25) is 4.79 Å². The number of carbonyl (C=O) groups is 1. The van der Waals surface area contributed by atoms with Crippen LogP contribution in [0.25, 0.3) is 0 Å². The van der Waals surface area contributed by atoms with Crippen LogP contribution in [0.4, 0.5) is 4.79 Å². The minimum Gasteiger partial charge on any atom is -0.303 e. The molecule has 1 rings (SSSR count). The van der Waals surface area contributed by atoms with Gasteiger partial charge in [-0.25, -0.2) is 5.84 Å². The Morgan fingerprint density at radius 3 is 2.55 bits per heavy atom. The predicted octanol–water partition coefficient (Wildman–Crippen LogP) is -0.401. The Morgan fingerprint density at radius 1 is 1.36 bits per heavy atom. The molecule has 55 valence electrons. The molecule has 0 atom stereocenters. The van der Waals surface area contributed by atoms with Crippen LogP contribution in [-0.4, -0.2) is 13.1 Å². The van der Waals surface area contributed by atoms with E-state index in [0.29, 0.717) is 0 Å². The van der Waals surface area contributed by atoms with Crippen LogP contribution >= 0.6 is 0 Å². The van der Waals surface area contributed by atoms with E-state index in [1.54, 1.807) is 0 Å². The van der Waals surface area contributed by atoms with Crippen LogP contribution in [0.1, 0.15) is 0 Å². The lowest BCUT2D eigenvalue weighted by atomic mass is 9.70. The number of amides is 1. The molecule has 0 unspecified atom stereocenters. The Hall–Kier alpha value is -1.29. The molecule has 0 bridgehead atoms. The van der Waals surface area contributed by atoms with E-state index in [1.807, 2.05) is 35.8 Å². The van der Waals surface area contributed by atoms with Crippen molar-refractivity contribution < 1.29 is 4.79 Å². The number of nitrogens with two attached hydrogens (primary N) is 1. The lowest BCUT2D eigenvalue weighted by Crippen LogP contribution is -2.38. The summed E-state index contributed by atoms with van der Waals surface area (Å²) >= 11 is 0. The number of rotatable bonds is 2. The second-order valence-corrected chi connectivity index (χ2v) is 2.06. The molecule has 1 aromatic rings. The summed E-state index contributed by atoms with van der Waals surface area (Å²) in [4.78, 5) is 10.7. The molecule has 1 radical (unpaired) electrons. The molecule has 0 aliphatic heterocycles. The second-order valence-electron chi connectivity index (χ2n) is 2.06. The normalized spacial score (nSPS) is 8.82. The molecule has 0 aromatic heterocycles. The molecule has 0 heterocycles. The van der Waals surface area contributed by atoms with Gasteiger partial charge in [-0.2, -0.15) is 0 Å². The molecule has 11 heavy (non-hydrogen) atoms. The smallest absolute Gasteiger partial charge is 0.273 e. The van der Waals surface area contributed by atoms with Gasteiger partial charge >= 0.3 is 0 Å². The van der Waals surface area contributed by atoms with Gasteiger partial charge in [-0.05, 0) is 0 Å². The summed E-state index contributed by atoms with van der Waals surface area (Å²) in [6, 6.07) is 9.26. The maximum absolute atomic E-state index is 10.7. The van der Waals surface area contributed by atoms with Gasteiger partial charge in [0, 0.05) is 0 Å². The van der Waals surface area contributed by atoms with Gasteiger partial charge in [-0.1, -0.05) is 35.8 Å². The largest absolute Gasteiger partial charge is 0.303 e. The van der Waals surface area contributed by atoms with E-state index in [9.17, 15) is 4.79 Å². The summed E-state index contributed by atoms with van der Waals surface area (Å²) in [5, 5.41) is 0. The molecule has 1 amide bonds. The maximum Gasteiger partial charge on any atom is 0.273 e. The van der Waals surface area contributed by atoms with E-state index >= 15 is 0 Å².